The van der Waals surface area contributed by atoms with E-state index >= 15 is 0 Å². The van der Waals surface area contributed by atoms with Gasteiger partial charge in [0.2, 0.25) is 0 Å². The standard InChI is InChI=1S/C20H29N3O/c1-21-20(22-14-11-17-7-5-6-8-17)23-15-12-19(13-16-23)24-18-9-3-2-4-10-18/h2-4,7,9-10,19H,5-6,8,11-16H2,1H3,(H,21,22). The molecule has 1 saturated heterocycles. The summed E-state index contributed by atoms with van der Waals surface area (Å²) in [7, 11) is 1.88. The fourth-order valence-electron chi connectivity index (χ4n) is 3.51. The number of guanidine groups is 1. The van der Waals surface area contributed by atoms with Gasteiger partial charge in [-0.2, -0.15) is 0 Å². The number of aliphatic imine (C=N–C) groups is 1. The number of para-hydroxylation sites is 1. The molecule has 4 heteroatoms. The van der Waals surface area contributed by atoms with E-state index in [0.29, 0.717) is 6.10 Å². The molecule has 0 unspecified atom stereocenters. The predicted octanol–water partition coefficient (Wildman–Crippen LogP) is 3.61. The fourth-order valence-corrected chi connectivity index (χ4v) is 3.51. The zero-order valence-electron chi connectivity index (χ0n) is 14.7. The first-order valence-electron chi connectivity index (χ1n) is 9.20. The highest BCUT2D eigenvalue weighted by atomic mass is 16.5. The minimum Gasteiger partial charge on any atom is -0.490 e. The zero-order valence-corrected chi connectivity index (χ0v) is 14.7. The van der Waals surface area contributed by atoms with Crippen LogP contribution in [0.2, 0.25) is 0 Å². The van der Waals surface area contributed by atoms with Gasteiger partial charge >= 0.3 is 0 Å². The molecule has 3 rings (SSSR count). The van der Waals surface area contributed by atoms with Crippen LogP contribution < -0.4 is 10.1 Å². The molecule has 0 atom stereocenters. The molecule has 1 aliphatic carbocycles. The highest BCUT2D eigenvalue weighted by Gasteiger charge is 2.22. The Labute approximate surface area is 145 Å². The molecule has 0 amide bonds. The van der Waals surface area contributed by atoms with E-state index in [-0.39, 0.29) is 0 Å². The maximum absolute atomic E-state index is 6.07. The second kappa shape index (κ2) is 8.76. The summed E-state index contributed by atoms with van der Waals surface area (Å²) in [5.41, 5.74) is 1.60. The second-order valence-electron chi connectivity index (χ2n) is 6.60. The van der Waals surface area contributed by atoms with Gasteiger partial charge in [0.25, 0.3) is 0 Å². The zero-order chi connectivity index (χ0) is 16.6. The summed E-state index contributed by atoms with van der Waals surface area (Å²) in [5, 5.41) is 3.52. The van der Waals surface area contributed by atoms with E-state index < -0.39 is 0 Å². The van der Waals surface area contributed by atoms with Crippen LogP contribution in [-0.4, -0.2) is 43.6 Å². The van der Waals surface area contributed by atoms with Gasteiger partial charge in [0.1, 0.15) is 11.9 Å². The molecule has 0 aromatic heterocycles. The molecule has 0 radical (unpaired) electrons. The van der Waals surface area contributed by atoms with Crippen molar-refractivity contribution in [3.63, 3.8) is 0 Å². The number of ether oxygens (including phenoxy) is 1. The van der Waals surface area contributed by atoms with Crippen molar-refractivity contribution in [1.29, 1.82) is 0 Å². The summed E-state index contributed by atoms with van der Waals surface area (Å²) in [4.78, 5) is 6.81. The molecule has 4 nitrogen and oxygen atoms in total. The van der Waals surface area contributed by atoms with Crippen molar-refractivity contribution in [2.24, 2.45) is 4.99 Å². The molecule has 1 aliphatic heterocycles. The first kappa shape index (κ1) is 16.9. The van der Waals surface area contributed by atoms with E-state index in [1.165, 1.54) is 19.3 Å². The number of hydrogen-bond acceptors (Lipinski definition) is 2. The van der Waals surface area contributed by atoms with Crippen molar-refractivity contribution < 1.29 is 4.74 Å². The van der Waals surface area contributed by atoms with E-state index in [0.717, 1.165) is 50.6 Å². The molecule has 0 bridgehead atoms. The van der Waals surface area contributed by atoms with Crippen molar-refractivity contribution in [1.82, 2.24) is 10.2 Å². The molecular weight excluding hydrogens is 298 g/mol. The van der Waals surface area contributed by atoms with Gasteiger partial charge < -0.3 is 15.0 Å². The van der Waals surface area contributed by atoms with Gasteiger partial charge in [-0.05, 0) is 37.8 Å². The number of nitrogens with zero attached hydrogens (tertiary/aromatic N) is 2. The molecule has 1 aromatic carbocycles. The molecule has 0 saturated carbocycles. The Hall–Kier alpha value is -1.97. The molecular formula is C20H29N3O. The Bertz CT molecular complexity index is 560. The van der Waals surface area contributed by atoms with Crippen LogP contribution in [-0.2, 0) is 0 Å². The molecule has 1 N–H and O–H groups in total. The van der Waals surface area contributed by atoms with Crippen LogP contribution in [0.3, 0.4) is 0 Å². The van der Waals surface area contributed by atoms with E-state index in [1.807, 2.05) is 37.4 Å². The first-order valence-corrected chi connectivity index (χ1v) is 9.20. The van der Waals surface area contributed by atoms with Crippen molar-refractivity contribution in [2.45, 2.75) is 44.6 Å². The molecule has 130 valence electrons. The van der Waals surface area contributed by atoms with Gasteiger partial charge in [0, 0.05) is 39.5 Å². The number of piperidine rings is 1. The average Bonchev–Trinajstić information content (AvgIpc) is 3.14. The average molecular weight is 327 g/mol. The van der Waals surface area contributed by atoms with Gasteiger partial charge in [0.15, 0.2) is 5.96 Å². The topological polar surface area (TPSA) is 36.9 Å². The number of nitrogens with one attached hydrogen (secondary N) is 1. The Morgan fingerprint density at radius 1 is 1.25 bits per heavy atom. The summed E-state index contributed by atoms with van der Waals surface area (Å²) in [6.07, 6.45) is 9.82. The highest BCUT2D eigenvalue weighted by Crippen LogP contribution is 2.20. The smallest absolute Gasteiger partial charge is 0.193 e. The molecule has 1 fully saturated rings. The number of likely N-dealkylation sites (tertiary alicyclic amines) is 1. The lowest BCUT2D eigenvalue weighted by molar-refractivity contribution is 0.129. The largest absolute Gasteiger partial charge is 0.490 e. The SMILES string of the molecule is CN=C(NCCC1=CCCC1)N1CCC(Oc2ccccc2)CC1. The maximum atomic E-state index is 6.07. The first-order chi connectivity index (χ1) is 11.8. The minimum absolute atomic E-state index is 0.311. The summed E-state index contributed by atoms with van der Waals surface area (Å²) in [5.74, 6) is 2.01. The Morgan fingerprint density at radius 3 is 2.71 bits per heavy atom. The number of rotatable bonds is 5. The van der Waals surface area contributed by atoms with Crippen LogP contribution in [0.4, 0.5) is 0 Å². The van der Waals surface area contributed by atoms with E-state index in [2.05, 4.69) is 21.3 Å². The van der Waals surface area contributed by atoms with Crippen LogP contribution in [0.25, 0.3) is 0 Å². The Balaban J connectivity index is 1.40. The molecule has 2 aliphatic rings. The van der Waals surface area contributed by atoms with Crippen molar-refractivity contribution in [3.8, 4) is 5.75 Å². The quantitative estimate of drug-likeness (QED) is 0.510. The molecule has 1 heterocycles. The Morgan fingerprint density at radius 2 is 2.04 bits per heavy atom. The lowest BCUT2D eigenvalue weighted by atomic mass is 10.1. The maximum Gasteiger partial charge on any atom is 0.193 e. The normalized spacial score (nSPS) is 19.3. The third kappa shape index (κ3) is 4.76. The van der Waals surface area contributed by atoms with Gasteiger partial charge in [-0.25, -0.2) is 0 Å². The van der Waals surface area contributed by atoms with Crippen LogP contribution in [0.15, 0.2) is 47.0 Å². The third-order valence-corrected chi connectivity index (χ3v) is 4.86. The van der Waals surface area contributed by atoms with E-state index in [4.69, 9.17) is 4.74 Å². The Kier molecular flexibility index (Phi) is 6.16. The monoisotopic (exact) mass is 327 g/mol. The second-order valence-corrected chi connectivity index (χ2v) is 6.60. The molecule has 1 aromatic rings. The third-order valence-electron chi connectivity index (χ3n) is 4.86. The summed E-state index contributed by atoms with van der Waals surface area (Å²) >= 11 is 0. The van der Waals surface area contributed by atoms with Crippen LogP contribution >= 0.6 is 0 Å². The van der Waals surface area contributed by atoms with Crippen LogP contribution in [0.5, 0.6) is 5.75 Å². The fraction of sp³-hybridized carbons (Fsp3) is 0.550. The highest BCUT2D eigenvalue weighted by molar-refractivity contribution is 5.79. The van der Waals surface area contributed by atoms with Crippen molar-refractivity contribution in [2.75, 3.05) is 26.7 Å². The molecule has 0 spiro atoms. The van der Waals surface area contributed by atoms with Crippen LogP contribution in [0.1, 0.15) is 38.5 Å². The summed E-state index contributed by atoms with van der Waals surface area (Å²) < 4.78 is 6.07. The van der Waals surface area contributed by atoms with E-state index in [1.54, 1.807) is 5.57 Å². The predicted molar refractivity (Wildman–Crippen MR) is 99.6 cm³/mol. The van der Waals surface area contributed by atoms with E-state index in [9.17, 15) is 0 Å². The van der Waals surface area contributed by atoms with Gasteiger partial charge in [-0.3, -0.25) is 4.99 Å². The van der Waals surface area contributed by atoms with Crippen LogP contribution in [0, 0.1) is 0 Å². The van der Waals surface area contributed by atoms with Gasteiger partial charge in [0.05, 0.1) is 0 Å². The lowest BCUT2D eigenvalue weighted by Gasteiger charge is -2.34. The number of hydrogen-bond donors (Lipinski definition) is 1. The molecule has 24 heavy (non-hydrogen) atoms. The summed E-state index contributed by atoms with van der Waals surface area (Å²) in [6, 6.07) is 10.1. The van der Waals surface area contributed by atoms with Gasteiger partial charge in [-0.1, -0.05) is 29.8 Å². The minimum atomic E-state index is 0.311. The van der Waals surface area contributed by atoms with Crippen molar-refractivity contribution >= 4 is 5.96 Å². The number of allylic oxidation sites excluding steroid dienone is 1. The van der Waals surface area contributed by atoms with Gasteiger partial charge in [-0.15, -0.1) is 0 Å². The lowest BCUT2D eigenvalue weighted by Crippen LogP contribution is -2.47. The van der Waals surface area contributed by atoms with Crippen molar-refractivity contribution in [3.05, 3.63) is 42.0 Å². The number of benzene rings is 1. The summed E-state index contributed by atoms with van der Waals surface area (Å²) in [6.45, 7) is 2.98.